The molecule has 0 saturated carbocycles. The number of rotatable bonds is 7. The Morgan fingerprint density at radius 3 is 2.82 bits per heavy atom. The lowest BCUT2D eigenvalue weighted by Crippen LogP contribution is -2.03. The zero-order chi connectivity index (χ0) is 12.7. The molecule has 0 fully saturated rings. The van der Waals surface area contributed by atoms with Crippen LogP contribution in [-0.2, 0) is 0 Å². The van der Waals surface area contributed by atoms with E-state index < -0.39 is 6.10 Å². The van der Waals surface area contributed by atoms with Crippen molar-refractivity contribution in [2.45, 2.75) is 38.2 Å². The number of nitrogen functional groups attached to an aromatic ring is 1. The summed E-state index contributed by atoms with van der Waals surface area (Å²) in [6.45, 7) is 3.65. The van der Waals surface area contributed by atoms with Crippen molar-refractivity contribution in [3.05, 3.63) is 42.2 Å². The fourth-order valence-corrected chi connectivity index (χ4v) is 1.79. The van der Waals surface area contributed by atoms with Crippen LogP contribution in [0.25, 0.3) is 0 Å². The van der Waals surface area contributed by atoms with Gasteiger partial charge in [-0.1, -0.05) is 18.9 Å². The zero-order valence-corrected chi connectivity index (χ0v) is 10.0. The smallest absolute Gasteiger partial charge is 0.123 e. The van der Waals surface area contributed by atoms with Gasteiger partial charge in [-0.3, -0.25) is 0 Å². The van der Waals surface area contributed by atoms with Gasteiger partial charge in [0.2, 0.25) is 0 Å². The highest BCUT2D eigenvalue weighted by Crippen LogP contribution is 2.25. The van der Waals surface area contributed by atoms with Crippen molar-refractivity contribution in [1.29, 1.82) is 0 Å². The molecule has 0 spiro atoms. The normalized spacial score (nSPS) is 12.4. The maximum atomic E-state index is 13.0. The van der Waals surface area contributed by atoms with Gasteiger partial charge in [-0.2, -0.15) is 0 Å². The Kier molecular flexibility index (Phi) is 5.70. The Bertz CT molecular complexity index is 365. The molecule has 0 heterocycles. The topological polar surface area (TPSA) is 46.2 Å². The Labute approximate surface area is 102 Å². The molecule has 1 atom stereocenters. The molecule has 0 aliphatic heterocycles. The van der Waals surface area contributed by atoms with Crippen molar-refractivity contribution in [2.75, 3.05) is 5.73 Å². The number of nitrogens with two attached hydrogens (primary N) is 1. The lowest BCUT2D eigenvalue weighted by atomic mass is 10.0. The molecule has 2 nitrogen and oxygen atoms in total. The third-order valence-electron chi connectivity index (χ3n) is 2.79. The van der Waals surface area contributed by atoms with E-state index in [1.807, 2.05) is 6.08 Å². The summed E-state index contributed by atoms with van der Waals surface area (Å²) >= 11 is 0. The summed E-state index contributed by atoms with van der Waals surface area (Å²) in [6.07, 6.45) is 5.86. The average molecular weight is 237 g/mol. The van der Waals surface area contributed by atoms with E-state index in [0.717, 1.165) is 25.7 Å². The monoisotopic (exact) mass is 237 g/mol. The summed E-state index contributed by atoms with van der Waals surface area (Å²) in [7, 11) is 0. The molecule has 3 heteroatoms. The van der Waals surface area contributed by atoms with Crippen LogP contribution in [0.5, 0.6) is 0 Å². The molecule has 1 rings (SSSR count). The van der Waals surface area contributed by atoms with Crippen LogP contribution in [0.4, 0.5) is 10.1 Å². The van der Waals surface area contributed by atoms with Crippen LogP contribution in [0.3, 0.4) is 0 Å². The van der Waals surface area contributed by atoms with E-state index >= 15 is 0 Å². The maximum Gasteiger partial charge on any atom is 0.123 e. The maximum absolute atomic E-state index is 13.0. The minimum absolute atomic E-state index is 0.361. The molecule has 1 unspecified atom stereocenters. The standard InChI is InChI=1S/C14H20FNO/c1-2-3-4-5-6-7-14(17)12-10-11(15)8-9-13(12)16/h2,8-10,14,17H,1,3-7,16H2. The largest absolute Gasteiger partial charge is 0.398 e. The summed E-state index contributed by atoms with van der Waals surface area (Å²) in [5.74, 6) is -0.361. The number of aliphatic hydroxyl groups is 1. The van der Waals surface area contributed by atoms with E-state index in [1.165, 1.54) is 18.2 Å². The SMILES string of the molecule is C=CCCCCCC(O)c1cc(F)ccc1N. The number of allylic oxidation sites excluding steroid dienone is 1. The van der Waals surface area contributed by atoms with Crippen LogP contribution in [-0.4, -0.2) is 5.11 Å². The average Bonchev–Trinajstić information content (AvgIpc) is 2.32. The van der Waals surface area contributed by atoms with Gasteiger partial charge in [0.25, 0.3) is 0 Å². The predicted octanol–water partition coefficient (Wildman–Crippen LogP) is 3.58. The van der Waals surface area contributed by atoms with Crippen LogP contribution in [0.15, 0.2) is 30.9 Å². The first-order valence-electron chi connectivity index (χ1n) is 5.99. The van der Waals surface area contributed by atoms with E-state index in [9.17, 15) is 9.50 Å². The molecule has 1 aromatic carbocycles. The van der Waals surface area contributed by atoms with Gasteiger partial charge in [-0.25, -0.2) is 4.39 Å². The van der Waals surface area contributed by atoms with Gasteiger partial charge < -0.3 is 10.8 Å². The Hall–Kier alpha value is -1.35. The molecule has 3 N–H and O–H groups in total. The number of unbranched alkanes of at least 4 members (excludes halogenated alkanes) is 3. The number of hydrogen-bond acceptors (Lipinski definition) is 2. The van der Waals surface area contributed by atoms with Crippen LogP contribution in [0.1, 0.15) is 43.8 Å². The number of benzene rings is 1. The molecular weight excluding hydrogens is 217 g/mol. The zero-order valence-electron chi connectivity index (χ0n) is 10.0. The molecule has 0 amide bonds. The number of aliphatic hydroxyl groups excluding tert-OH is 1. The van der Waals surface area contributed by atoms with Crippen molar-refractivity contribution in [2.24, 2.45) is 0 Å². The fraction of sp³-hybridized carbons (Fsp3) is 0.429. The Morgan fingerprint density at radius 2 is 2.12 bits per heavy atom. The van der Waals surface area contributed by atoms with Crippen molar-refractivity contribution in [3.63, 3.8) is 0 Å². The summed E-state index contributed by atoms with van der Waals surface area (Å²) in [4.78, 5) is 0. The van der Waals surface area contributed by atoms with E-state index in [1.54, 1.807) is 0 Å². The Balaban J connectivity index is 2.43. The summed E-state index contributed by atoms with van der Waals surface area (Å²) in [6, 6.07) is 4.10. The molecule has 17 heavy (non-hydrogen) atoms. The fourth-order valence-electron chi connectivity index (χ4n) is 1.79. The second-order valence-electron chi connectivity index (χ2n) is 4.22. The van der Waals surface area contributed by atoms with Crippen LogP contribution >= 0.6 is 0 Å². The third-order valence-corrected chi connectivity index (χ3v) is 2.79. The molecule has 0 bridgehead atoms. The Morgan fingerprint density at radius 1 is 1.35 bits per heavy atom. The molecule has 94 valence electrons. The van der Waals surface area contributed by atoms with Gasteiger partial charge >= 0.3 is 0 Å². The van der Waals surface area contributed by atoms with Crippen LogP contribution in [0, 0.1) is 5.82 Å². The number of halogens is 1. The van der Waals surface area contributed by atoms with Gasteiger partial charge in [0, 0.05) is 11.3 Å². The second kappa shape index (κ2) is 7.07. The highest BCUT2D eigenvalue weighted by Gasteiger charge is 2.11. The second-order valence-corrected chi connectivity index (χ2v) is 4.22. The molecule has 0 aliphatic carbocycles. The molecule has 0 aromatic heterocycles. The minimum Gasteiger partial charge on any atom is -0.398 e. The summed E-state index contributed by atoms with van der Waals surface area (Å²) < 4.78 is 13.0. The third kappa shape index (κ3) is 4.57. The molecule has 0 aliphatic rings. The summed E-state index contributed by atoms with van der Waals surface area (Å²) in [5, 5.41) is 9.92. The molecular formula is C14H20FNO. The first-order valence-corrected chi connectivity index (χ1v) is 5.99. The van der Waals surface area contributed by atoms with E-state index in [4.69, 9.17) is 5.73 Å². The lowest BCUT2D eigenvalue weighted by Gasteiger charge is -2.13. The number of hydrogen-bond donors (Lipinski definition) is 2. The van der Waals surface area contributed by atoms with Gasteiger partial charge in [0.15, 0.2) is 0 Å². The molecule has 0 radical (unpaired) electrons. The number of anilines is 1. The van der Waals surface area contributed by atoms with Crippen molar-refractivity contribution in [3.8, 4) is 0 Å². The van der Waals surface area contributed by atoms with Crippen molar-refractivity contribution in [1.82, 2.24) is 0 Å². The van der Waals surface area contributed by atoms with Crippen molar-refractivity contribution >= 4 is 5.69 Å². The van der Waals surface area contributed by atoms with E-state index in [-0.39, 0.29) is 5.82 Å². The quantitative estimate of drug-likeness (QED) is 0.432. The van der Waals surface area contributed by atoms with Crippen molar-refractivity contribution < 1.29 is 9.50 Å². The van der Waals surface area contributed by atoms with Gasteiger partial charge in [0.1, 0.15) is 5.82 Å². The predicted molar refractivity (Wildman–Crippen MR) is 69.1 cm³/mol. The first-order chi connectivity index (χ1) is 8.15. The van der Waals surface area contributed by atoms with Gasteiger partial charge in [-0.15, -0.1) is 6.58 Å². The highest BCUT2D eigenvalue weighted by atomic mass is 19.1. The van der Waals surface area contributed by atoms with Crippen LogP contribution < -0.4 is 5.73 Å². The van der Waals surface area contributed by atoms with Gasteiger partial charge in [0.05, 0.1) is 6.10 Å². The molecule has 0 saturated heterocycles. The first kappa shape index (κ1) is 13.7. The van der Waals surface area contributed by atoms with Crippen LogP contribution in [0.2, 0.25) is 0 Å². The van der Waals surface area contributed by atoms with E-state index in [0.29, 0.717) is 17.7 Å². The molecule has 1 aromatic rings. The minimum atomic E-state index is -0.672. The van der Waals surface area contributed by atoms with E-state index in [2.05, 4.69) is 6.58 Å². The van der Waals surface area contributed by atoms with Gasteiger partial charge in [-0.05, 0) is 37.5 Å². The summed E-state index contributed by atoms with van der Waals surface area (Å²) in [5.41, 5.74) is 6.65. The highest BCUT2D eigenvalue weighted by molar-refractivity contribution is 5.47. The lowest BCUT2D eigenvalue weighted by molar-refractivity contribution is 0.164.